The highest BCUT2D eigenvalue weighted by Gasteiger charge is 2.01. The second kappa shape index (κ2) is 4.97. The predicted molar refractivity (Wildman–Crippen MR) is 70.9 cm³/mol. The molecule has 2 nitrogen and oxygen atoms in total. The van der Waals surface area contributed by atoms with Gasteiger partial charge in [0.05, 0.1) is 0 Å². The third-order valence-electron chi connectivity index (χ3n) is 2.04. The zero-order valence-electron chi connectivity index (χ0n) is 8.58. The molecule has 0 aliphatic heterocycles. The van der Waals surface area contributed by atoms with Crippen LogP contribution in [0.4, 0.5) is 0 Å². The van der Waals surface area contributed by atoms with E-state index in [2.05, 4.69) is 36.8 Å². The van der Waals surface area contributed by atoms with Crippen molar-refractivity contribution in [1.29, 1.82) is 0 Å². The van der Waals surface area contributed by atoms with Crippen molar-refractivity contribution in [3.8, 4) is 11.6 Å². The summed E-state index contributed by atoms with van der Waals surface area (Å²) in [5.74, 6) is 1.36. The number of rotatable bonds is 2. The molecular formula is C12H9Br2NO. The summed E-state index contributed by atoms with van der Waals surface area (Å²) in [4.78, 5) is 4.18. The first-order valence-electron chi connectivity index (χ1n) is 4.71. The Morgan fingerprint density at radius 2 is 2.00 bits per heavy atom. The van der Waals surface area contributed by atoms with Crippen LogP contribution in [0.15, 0.2) is 45.5 Å². The van der Waals surface area contributed by atoms with Crippen LogP contribution in [-0.2, 0) is 0 Å². The number of ether oxygens (including phenoxy) is 1. The van der Waals surface area contributed by atoms with Crippen molar-refractivity contribution < 1.29 is 4.74 Å². The molecule has 0 aliphatic rings. The molecule has 1 aromatic heterocycles. The zero-order valence-corrected chi connectivity index (χ0v) is 11.7. The minimum Gasteiger partial charge on any atom is -0.439 e. The van der Waals surface area contributed by atoms with Gasteiger partial charge in [-0.2, -0.15) is 0 Å². The SMILES string of the molecule is Cc1cc(Oc2cccc(Br)c2)ncc1Br. The van der Waals surface area contributed by atoms with E-state index >= 15 is 0 Å². The molecule has 2 aromatic rings. The van der Waals surface area contributed by atoms with E-state index in [1.807, 2.05) is 37.3 Å². The summed E-state index contributed by atoms with van der Waals surface area (Å²) in [6.07, 6.45) is 1.74. The van der Waals surface area contributed by atoms with E-state index in [1.54, 1.807) is 6.20 Å². The van der Waals surface area contributed by atoms with Gasteiger partial charge in [-0.05, 0) is 46.6 Å². The number of aryl methyl sites for hydroxylation is 1. The standard InChI is InChI=1S/C12H9Br2NO/c1-8-5-12(15-7-11(8)14)16-10-4-2-3-9(13)6-10/h2-7H,1H3. The molecule has 0 aliphatic carbocycles. The summed E-state index contributed by atoms with van der Waals surface area (Å²) in [7, 11) is 0. The third-order valence-corrected chi connectivity index (χ3v) is 3.36. The first-order valence-corrected chi connectivity index (χ1v) is 6.29. The van der Waals surface area contributed by atoms with Gasteiger partial charge in [0.15, 0.2) is 0 Å². The molecular weight excluding hydrogens is 334 g/mol. The molecule has 0 amide bonds. The van der Waals surface area contributed by atoms with Gasteiger partial charge in [0, 0.05) is 21.2 Å². The third kappa shape index (κ3) is 2.83. The van der Waals surface area contributed by atoms with Crippen molar-refractivity contribution in [3.63, 3.8) is 0 Å². The Bertz CT molecular complexity index is 514. The van der Waals surface area contributed by atoms with Crippen LogP contribution in [0.1, 0.15) is 5.56 Å². The van der Waals surface area contributed by atoms with Crippen LogP contribution in [0.25, 0.3) is 0 Å². The fraction of sp³-hybridized carbons (Fsp3) is 0.0833. The highest BCUT2D eigenvalue weighted by molar-refractivity contribution is 9.10. The topological polar surface area (TPSA) is 22.1 Å². The zero-order chi connectivity index (χ0) is 11.5. The van der Waals surface area contributed by atoms with Crippen molar-refractivity contribution in [2.45, 2.75) is 6.92 Å². The number of aromatic nitrogens is 1. The smallest absolute Gasteiger partial charge is 0.219 e. The average Bonchev–Trinajstić information content (AvgIpc) is 2.24. The molecule has 0 saturated carbocycles. The largest absolute Gasteiger partial charge is 0.439 e. The summed E-state index contributed by atoms with van der Waals surface area (Å²) in [6.45, 7) is 2.00. The highest BCUT2D eigenvalue weighted by Crippen LogP contribution is 2.25. The lowest BCUT2D eigenvalue weighted by Crippen LogP contribution is -1.89. The molecule has 0 N–H and O–H groups in total. The maximum atomic E-state index is 5.63. The maximum Gasteiger partial charge on any atom is 0.219 e. The molecule has 1 heterocycles. The Morgan fingerprint density at radius 1 is 1.19 bits per heavy atom. The van der Waals surface area contributed by atoms with E-state index in [4.69, 9.17) is 4.74 Å². The molecule has 0 radical (unpaired) electrons. The van der Waals surface area contributed by atoms with Gasteiger partial charge < -0.3 is 4.74 Å². The van der Waals surface area contributed by atoms with Crippen LogP contribution in [0.3, 0.4) is 0 Å². The van der Waals surface area contributed by atoms with Gasteiger partial charge in [0.25, 0.3) is 0 Å². The summed E-state index contributed by atoms with van der Waals surface area (Å²) in [5.41, 5.74) is 1.10. The number of pyridine rings is 1. The minimum absolute atomic E-state index is 0.596. The Hall–Kier alpha value is -0.870. The first kappa shape index (κ1) is 11.6. The van der Waals surface area contributed by atoms with Crippen LogP contribution < -0.4 is 4.74 Å². The number of benzene rings is 1. The van der Waals surface area contributed by atoms with Crippen molar-refractivity contribution in [3.05, 3.63) is 51.0 Å². The highest BCUT2D eigenvalue weighted by atomic mass is 79.9. The second-order valence-corrected chi connectivity index (χ2v) is 5.10. The monoisotopic (exact) mass is 341 g/mol. The van der Waals surface area contributed by atoms with Gasteiger partial charge in [0.1, 0.15) is 5.75 Å². The molecule has 4 heteroatoms. The molecule has 2 rings (SSSR count). The van der Waals surface area contributed by atoms with E-state index in [0.717, 1.165) is 20.3 Å². The van der Waals surface area contributed by atoms with Gasteiger partial charge in [0.2, 0.25) is 5.88 Å². The first-order chi connectivity index (χ1) is 7.65. The molecule has 0 spiro atoms. The lowest BCUT2D eigenvalue weighted by Gasteiger charge is -2.06. The Balaban J connectivity index is 2.24. The number of halogens is 2. The molecule has 0 bridgehead atoms. The predicted octanol–water partition coefficient (Wildman–Crippen LogP) is 4.71. The average molecular weight is 343 g/mol. The van der Waals surface area contributed by atoms with Gasteiger partial charge in [-0.1, -0.05) is 22.0 Å². The summed E-state index contributed by atoms with van der Waals surface area (Å²) < 4.78 is 7.60. The number of nitrogens with zero attached hydrogens (tertiary/aromatic N) is 1. The van der Waals surface area contributed by atoms with Gasteiger partial charge in [-0.15, -0.1) is 0 Å². The lowest BCUT2D eigenvalue weighted by atomic mass is 10.3. The fourth-order valence-corrected chi connectivity index (χ4v) is 1.82. The molecule has 1 aromatic carbocycles. The molecule has 82 valence electrons. The maximum absolute atomic E-state index is 5.63. The molecule has 0 atom stereocenters. The molecule has 16 heavy (non-hydrogen) atoms. The van der Waals surface area contributed by atoms with E-state index in [9.17, 15) is 0 Å². The second-order valence-electron chi connectivity index (χ2n) is 3.33. The van der Waals surface area contributed by atoms with Crippen molar-refractivity contribution in [1.82, 2.24) is 4.98 Å². The quantitative estimate of drug-likeness (QED) is 0.788. The van der Waals surface area contributed by atoms with Crippen molar-refractivity contribution >= 4 is 31.9 Å². The van der Waals surface area contributed by atoms with Crippen LogP contribution in [0, 0.1) is 6.92 Å². The lowest BCUT2D eigenvalue weighted by molar-refractivity contribution is 0.462. The van der Waals surface area contributed by atoms with Crippen LogP contribution in [-0.4, -0.2) is 4.98 Å². The van der Waals surface area contributed by atoms with Crippen molar-refractivity contribution in [2.24, 2.45) is 0 Å². The van der Waals surface area contributed by atoms with Crippen LogP contribution in [0.2, 0.25) is 0 Å². The molecule has 0 unspecified atom stereocenters. The molecule has 0 fully saturated rings. The van der Waals surface area contributed by atoms with E-state index < -0.39 is 0 Å². The number of hydrogen-bond donors (Lipinski definition) is 0. The Morgan fingerprint density at radius 3 is 2.69 bits per heavy atom. The fourth-order valence-electron chi connectivity index (χ4n) is 1.22. The van der Waals surface area contributed by atoms with Crippen molar-refractivity contribution in [2.75, 3.05) is 0 Å². The summed E-state index contributed by atoms with van der Waals surface area (Å²) in [6, 6.07) is 9.56. The normalized spacial score (nSPS) is 10.2. The van der Waals surface area contributed by atoms with E-state index in [-0.39, 0.29) is 0 Å². The van der Waals surface area contributed by atoms with Gasteiger partial charge >= 0.3 is 0 Å². The van der Waals surface area contributed by atoms with E-state index in [1.165, 1.54) is 0 Å². The van der Waals surface area contributed by atoms with E-state index in [0.29, 0.717) is 5.88 Å². The Kier molecular flexibility index (Phi) is 3.61. The minimum atomic E-state index is 0.596. The number of hydrogen-bond acceptors (Lipinski definition) is 2. The summed E-state index contributed by atoms with van der Waals surface area (Å²) >= 11 is 6.79. The summed E-state index contributed by atoms with van der Waals surface area (Å²) in [5, 5.41) is 0. The van der Waals surface area contributed by atoms with Gasteiger partial charge in [-0.25, -0.2) is 4.98 Å². The van der Waals surface area contributed by atoms with Crippen LogP contribution in [0.5, 0.6) is 11.6 Å². The Labute approximate surface area is 111 Å². The molecule has 0 saturated heterocycles. The van der Waals surface area contributed by atoms with Gasteiger partial charge in [-0.3, -0.25) is 0 Å². The van der Waals surface area contributed by atoms with Crippen LogP contribution >= 0.6 is 31.9 Å².